The zero-order chi connectivity index (χ0) is 19.2. The molecule has 1 aliphatic heterocycles. The third-order valence-corrected chi connectivity index (χ3v) is 4.61. The summed E-state index contributed by atoms with van der Waals surface area (Å²) in [4.78, 5) is 27.9. The Labute approximate surface area is 158 Å². The second-order valence-electron chi connectivity index (χ2n) is 6.66. The van der Waals surface area contributed by atoms with E-state index in [2.05, 4.69) is 10.3 Å². The lowest BCUT2D eigenvalue weighted by molar-refractivity contribution is -0.114. The van der Waals surface area contributed by atoms with Crippen molar-refractivity contribution < 1.29 is 19.4 Å². The van der Waals surface area contributed by atoms with Crippen LogP contribution in [0.4, 0.5) is 10.5 Å². The first-order valence-electron chi connectivity index (χ1n) is 8.96. The monoisotopic (exact) mass is 369 g/mol. The molecule has 0 saturated carbocycles. The third kappa shape index (κ3) is 5.20. The van der Waals surface area contributed by atoms with Crippen molar-refractivity contribution >= 4 is 17.7 Å². The zero-order valence-electron chi connectivity index (χ0n) is 15.2. The maximum absolute atomic E-state index is 11.1. The predicted octanol–water partition coefficient (Wildman–Crippen LogP) is 3.48. The third-order valence-electron chi connectivity index (χ3n) is 4.61. The molecule has 2 amide bonds. The number of likely N-dealkylation sites (tertiary alicyclic amines) is 1. The molecule has 27 heavy (non-hydrogen) atoms. The van der Waals surface area contributed by atoms with Crippen molar-refractivity contribution in [3.8, 4) is 17.0 Å². The number of pyridine rings is 1. The molecule has 1 aromatic heterocycles. The van der Waals surface area contributed by atoms with E-state index in [0.29, 0.717) is 31.4 Å². The Hall–Kier alpha value is -3.09. The summed E-state index contributed by atoms with van der Waals surface area (Å²) in [6, 6.07) is 11.3. The van der Waals surface area contributed by atoms with Crippen molar-refractivity contribution in [2.75, 3.05) is 25.0 Å². The van der Waals surface area contributed by atoms with Gasteiger partial charge in [0.15, 0.2) is 0 Å². The first-order valence-corrected chi connectivity index (χ1v) is 8.96. The van der Waals surface area contributed by atoms with E-state index >= 15 is 0 Å². The van der Waals surface area contributed by atoms with E-state index in [1.807, 2.05) is 36.4 Å². The maximum atomic E-state index is 11.1. The van der Waals surface area contributed by atoms with Gasteiger partial charge < -0.3 is 20.1 Å². The number of ether oxygens (including phenoxy) is 1. The molecule has 0 spiro atoms. The number of hydrogen-bond acceptors (Lipinski definition) is 4. The summed E-state index contributed by atoms with van der Waals surface area (Å²) in [5, 5.41) is 11.7. The summed E-state index contributed by atoms with van der Waals surface area (Å²) < 4.78 is 5.82. The van der Waals surface area contributed by atoms with Gasteiger partial charge in [0.2, 0.25) is 5.91 Å². The maximum Gasteiger partial charge on any atom is 0.407 e. The molecule has 0 unspecified atom stereocenters. The van der Waals surface area contributed by atoms with Crippen molar-refractivity contribution in [2.24, 2.45) is 5.92 Å². The fourth-order valence-corrected chi connectivity index (χ4v) is 3.07. The molecule has 2 aromatic rings. The van der Waals surface area contributed by atoms with Gasteiger partial charge in [0.25, 0.3) is 0 Å². The Bertz CT molecular complexity index is 782. The van der Waals surface area contributed by atoms with Gasteiger partial charge >= 0.3 is 6.09 Å². The van der Waals surface area contributed by atoms with Crippen molar-refractivity contribution in [1.29, 1.82) is 0 Å². The Balaban J connectivity index is 1.52. The number of hydrogen-bond donors (Lipinski definition) is 2. The van der Waals surface area contributed by atoms with E-state index in [0.717, 1.165) is 29.8 Å². The Morgan fingerprint density at radius 3 is 2.44 bits per heavy atom. The number of amides is 2. The number of carbonyl (C=O) groups is 2. The SMILES string of the molecule is CC(=O)Nc1ccc(-c2ccc(OCC3CCN(C(=O)O)CC3)cn2)cc1. The fourth-order valence-electron chi connectivity index (χ4n) is 3.07. The minimum Gasteiger partial charge on any atom is -0.492 e. The molecule has 1 fully saturated rings. The van der Waals surface area contributed by atoms with Crippen LogP contribution in [-0.2, 0) is 4.79 Å². The smallest absolute Gasteiger partial charge is 0.407 e. The summed E-state index contributed by atoms with van der Waals surface area (Å²) in [6.45, 7) is 3.17. The minimum atomic E-state index is -0.848. The second kappa shape index (κ2) is 8.53. The average molecular weight is 369 g/mol. The Kier molecular flexibility index (Phi) is 5.90. The molecule has 0 aliphatic carbocycles. The minimum absolute atomic E-state index is 0.101. The molecule has 7 nitrogen and oxygen atoms in total. The van der Waals surface area contributed by atoms with Gasteiger partial charge in [0.05, 0.1) is 18.5 Å². The van der Waals surface area contributed by atoms with Gasteiger partial charge in [-0.3, -0.25) is 9.78 Å². The molecule has 0 bridgehead atoms. The van der Waals surface area contributed by atoms with Crippen LogP contribution in [0.25, 0.3) is 11.3 Å². The summed E-state index contributed by atoms with van der Waals surface area (Å²) in [5.41, 5.74) is 2.53. The summed E-state index contributed by atoms with van der Waals surface area (Å²) in [6.07, 6.45) is 2.49. The molecule has 1 saturated heterocycles. The van der Waals surface area contributed by atoms with Crippen molar-refractivity contribution in [2.45, 2.75) is 19.8 Å². The Morgan fingerprint density at radius 2 is 1.89 bits per heavy atom. The van der Waals surface area contributed by atoms with E-state index in [9.17, 15) is 9.59 Å². The number of piperidine rings is 1. The molecule has 2 N–H and O–H groups in total. The number of benzene rings is 1. The summed E-state index contributed by atoms with van der Waals surface area (Å²) in [5.74, 6) is 0.965. The highest BCUT2D eigenvalue weighted by Gasteiger charge is 2.22. The summed E-state index contributed by atoms with van der Waals surface area (Å²) in [7, 11) is 0. The fraction of sp³-hybridized carbons (Fsp3) is 0.350. The van der Waals surface area contributed by atoms with Crippen molar-refractivity contribution in [1.82, 2.24) is 9.88 Å². The number of aromatic nitrogens is 1. The lowest BCUT2D eigenvalue weighted by atomic mass is 9.98. The number of nitrogens with zero attached hydrogens (tertiary/aromatic N) is 2. The van der Waals surface area contributed by atoms with Gasteiger partial charge in [0.1, 0.15) is 5.75 Å². The molecule has 1 aromatic carbocycles. The Morgan fingerprint density at radius 1 is 1.19 bits per heavy atom. The van der Waals surface area contributed by atoms with Crippen LogP contribution in [0, 0.1) is 5.92 Å². The molecule has 0 atom stereocenters. The molecule has 3 rings (SSSR count). The van der Waals surface area contributed by atoms with Crippen LogP contribution in [0.1, 0.15) is 19.8 Å². The van der Waals surface area contributed by atoms with Crippen LogP contribution in [-0.4, -0.2) is 46.7 Å². The lowest BCUT2D eigenvalue weighted by Gasteiger charge is -2.29. The normalized spacial score (nSPS) is 14.6. The van der Waals surface area contributed by atoms with Crippen LogP contribution < -0.4 is 10.1 Å². The topological polar surface area (TPSA) is 91.8 Å². The van der Waals surface area contributed by atoms with Gasteiger partial charge in [-0.2, -0.15) is 0 Å². The average Bonchev–Trinajstić information content (AvgIpc) is 2.67. The molecular weight excluding hydrogens is 346 g/mol. The summed E-state index contributed by atoms with van der Waals surface area (Å²) >= 11 is 0. The highest BCUT2D eigenvalue weighted by Crippen LogP contribution is 2.23. The highest BCUT2D eigenvalue weighted by atomic mass is 16.5. The van der Waals surface area contributed by atoms with Gasteiger partial charge in [0, 0.05) is 31.3 Å². The van der Waals surface area contributed by atoms with E-state index in [4.69, 9.17) is 9.84 Å². The number of anilines is 1. The van der Waals surface area contributed by atoms with Crippen LogP contribution in [0.15, 0.2) is 42.6 Å². The number of carbonyl (C=O) groups excluding carboxylic acids is 1. The molecule has 7 heteroatoms. The van der Waals surface area contributed by atoms with Gasteiger partial charge in [-0.15, -0.1) is 0 Å². The number of rotatable bonds is 5. The van der Waals surface area contributed by atoms with Crippen molar-refractivity contribution in [3.63, 3.8) is 0 Å². The van der Waals surface area contributed by atoms with E-state index in [1.54, 1.807) is 6.20 Å². The van der Waals surface area contributed by atoms with Crippen molar-refractivity contribution in [3.05, 3.63) is 42.6 Å². The lowest BCUT2D eigenvalue weighted by Crippen LogP contribution is -2.38. The molecule has 142 valence electrons. The van der Waals surface area contributed by atoms with E-state index in [1.165, 1.54) is 11.8 Å². The van der Waals surface area contributed by atoms with Crippen LogP contribution in [0.5, 0.6) is 5.75 Å². The second-order valence-corrected chi connectivity index (χ2v) is 6.66. The van der Waals surface area contributed by atoms with E-state index in [-0.39, 0.29) is 5.91 Å². The predicted molar refractivity (Wildman–Crippen MR) is 102 cm³/mol. The quantitative estimate of drug-likeness (QED) is 0.842. The van der Waals surface area contributed by atoms with Gasteiger partial charge in [-0.05, 0) is 43.0 Å². The molecule has 1 aliphatic rings. The standard InChI is InChI=1S/C20H23N3O4/c1-14(24)22-17-4-2-16(3-5-17)19-7-6-18(12-21-19)27-13-15-8-10-23(11-9-15)20(25)26/h2-7,12,15H,8-11,13H2,1H3,(H,22,24)(H,25,26). The highest BCUT2D eigenvalue weighted by molar-refractivity contribution is 5.88. The molecule has 0 radical (unpaired) electrons. The number of carboxylic acid groups (broad SMARTS) is 1. The van der Waals surface area contributed by atoms with Gasteiger partial charge in [-0.1, -0.05) is 12.1 Å². The first-order chi connectivity index (χ1) is 13.0. The molecule has 2 heterocycles. The van der Waals surface area contributed by atoms with Gasteiger partial charge in [-0.25, -0.2) is 4.79 Å². The zero-order valence-corrected chi connectivity index (χ0v) is 15.2. The first kappa shape index (κ1) is 18.7. The van der Waals surface area contributed by atoms with Crippen LogP contribution in [0.3, 0.4) is 0 Å². The van der Waals surface area contributed by atoms with Crippen LogP contribution >= 0.6 is 0 Å². The largest absolute Gasteiger partial charge is 0.492 e. The van der Waals surface area contributed by atoms with Crippen LogP contribution in [0.2, 0.25) is 0 Å². The molecular formula is C20H23N3O4. The van der Waals surface area contributed by atoms with E-state index < -0.39 is 6.09 Å². The number of nitrogens with one attached hydrogen (secondary N) is 1.